The zero-order chi connectivity index (χ0) is 19.1. The molecule has 7 nitrogen and oxygen atoms in total. The largest absolute Gasteiger partial charge is 0.495 e. The molecule has 1 saturated heterocycles. The fraction of sp³-hybridized carbons (Fsp3) is 0.286. The average Bonchev–Trinajstić information content (AvgIpc) is 3.15. The van der Waals surface area contributed by atoms with E-state index in [0.29, 0.717) is 0 Å². The van der Waals surface area contributed by atoms with Crippen LogP contribution < -0.4 is 14.5 Å². The van der Waals surface area contributed by atoms with Crippen molar-refractivity contribution in [2.24, 2.45) is 0 Å². The lowest BCUT2D eigenvalue weighted by atomic mass is 10.2. The van der Waals surface area contributed by atoms with Gasteiger partial charge in [0.1, 0.15) is 11.6 Å². The van der Waals surface area contributed by atoms with Crippen LogP contribution in [0.4, 0.5) is 11.5 Å². The third-order valence-electron chi connectivity index (χ3n) is 5.38. The molecule has 1 aliphatic heterocycles. The predicted octanol–water partition coefficient (Wildman–Crippen LogP) is 2.92. The average molecular weight is 374 g/mol. The van der Waals surface area contributed by atoms with E-state index >= 15 is 0 Å². The Morgan fingerprint density at radius 3 is 2.39 bits per heavy atom. The molecule has 0 bridgehead atoms. The van der Waals surface area contributed by atoms with E-state index in [0.717, 1.165) is 65.9 Å². The lowest BCUT2D eigenvalue weighted by molar-refractivity contribution is 0.413. The van der Waals surface area contributed by atoms with Gasteiger partial charge in [-0.2, -0.15) is 0 Å². The van der Waals surface area contributed by atoms with Crippen LogP contribution in [0.5, 0.6) is 5.75 Å². The molecule has 1 aliphatic rings. The maximum absolute atomic E-state index is 5.53. The molecule has 0 aliphatic carbocycles. The number of piperazine rings is 1. The molecular formula is C21H22N6O. The topological polar surface area (TPSA) is 58.8 Å². The first kappa shape index (κ1) is 16.8. The molecule has 2 aromatic heterocycles. The van der Waals surface area contributed by atoms with Crippen molar-refractivity contribution in [3.63, 3.8) is 0 Å². The van der Waals surface area contributed by atoms with Crippen LogP contribution in [-0.2, 0) is 0 Å². The molecular weight excluding hydrogens is 352 g/mol. The van der Waals surface area contributed by atoms with E-state index in [1.807, 2.05) is 37.3 Å². The van der Waals surface area contributed by atoms with Crippen molar-refractivity contribution in [3.8, 4) is 5.75 Å². The highest BCUT2D eigenvalue weighted by molar-refractivity contribution is 5.83. The molecule has 0 N–H and O–H groups in total. The summed E-state index contributed by atoms with van der Waals surface area (Å²) in [5.41, 5.74) is 3.96. The van der Waals surface area contributed by atoms with E-state index in [-0.39, 0.29) is 0 Å². The molecule has 7 heteroatoms. The van der Waals surface area contributed by atoms with Gasteiger partial charge < -0.3 is 14.5 Å². The van der Waals surface area contributed by atoms with Gasteiger partial charge in [-0.25, -0.2) is 4.98 Å². The number of fused-ring (bicyclic) bond motifs is 3. The normalized spacial score (nSPS) is 14.8. The van der Waals surface area contributed by atoms with Gasteiger partial charge in [-0.05, 0) is 31.2 Å². The molecule has 2 aromatic carbocycles. The summed E-state index contributed by atoms with van der Waals surface area (Å²) in [4.78, 5) is 9.60. The molecule has 0 atom stereocenters. The van der Waals surface area contributed by atoms with Gasteiger partial charge in [0.05, 0.1) is 23.8 Å². The summed E-state index contributed by atoms with van der Waals surface area (Å²) in [6.45, 7) is 5.51. The van der Waals surface area contributed by atoms with Crippen LogP contribution in [0.25, 0.3) is 16.7 Å². The van der Waals surface area contributed by atoms with Crippen LogP contribution >= 0.6 is 0 Å². The first-order valence-corrected chi connectivity index (χ1v) is 9.49. The number of ether oxygens (including phenoxy) is 1. The van der Waals surface area contributed by atoms with Crippen molar-refractivity contribution >= 4 is 28.2 Å². The standard InChI is InChI=1S/C21H22N6O/c1-15-23-24-21-20(22-16-7-3-4-8-17(16)27(15)21)26-13-11-25(12-14-26)18-9-5-6-10-19(18)28-2/h3-10H,11-14H2,1-2H3. The Morgan fingerprint density at radius 1 is 0.857 bits per heavy atom. The van der Waals surface area contributed by atoms with Gasteiger partial charge in [0.2, 0.25) is 5.65 Å². The highest BCUT2D eigenvalue weighted by Crippen LogP contribution is 2.30. The fourth-order valence-corrected chi connectivity index (χ4v) is 3.97. The van der Waals surface area contributed by atoms with Gasteiger partial charge in [-0.1, -0.05) is 24.3 Å². The van der Waals surface area contributed by atoms with E-state index in [9.17, 15) is 0 Å². The summed E-state index contributed by atoms with van der Waals surface area (Å²) in [7, 11) is 1.72. The molecule has 0 amide bonds. The number of benzene rings is 2. The smallest absolute Gasteiger partial charge is 0.204 e. The fourth-order valence-electron chi connectivity index (χ4n) is 3.97. The van der Waals surface area contributed by atoms with Crippen molar-refractivity contribution in [2.75, 3.05) is 43.1 Å². The highest BCUT2D eigenvalue weighted by atomic mass is 16.5. The van der Waals surface area contributed by atoms with Gasteiger partial charge in [0.15, 0.2) is 5.82 Å². The lowest BCUT2D eigenvalue weighted by Gasteiger charge is -2.37. The van der Waals surface area contributed by atoms with Crippen LogP contribution in [0.2, 0.25) is 0 Å². The summed E-state index contributed by atoms with van der Waals surface area (Å²) in [5.74, 6) is 2.69. The zero-order valence-corrected chi connectivity index (χ0v) is 16.0. The highest BCUT2D eigenvalue weighted by Gasteiger charge is 2.24. The molecule has 28 heavy (non-hydrogen) atoms. The maximum Gasteiger partial charge on any atom is 0.204 e. The number of para-hydroxylation sites is 4. The molecule has 0 radical (unpaired) electrons. The van der Waals surface area contributed by atoms with Gasteiger partial charge in [-0.15, -0.1) is 10.2 Å². The Labute approximate surface area is 163 Å². The van der Waals surface area contributed by atoms with Gasteiger partial charge in [0.25, 0.3) is 0 Å². The molecule has 3 heterocycles. The second kappa shape index (κ2) is 6.67. The number of aromatic nitrogens is 4. The molecule has 0 spiro atoms. The first-order valence-electron chi connectivity index (χ1n) is 9.49. The predicted molar refractivity (Wildman–Crippen MR) is 110 cm³/mol. The Kier molecular flexibility index (Phi) is 4.00. The third kappa shape index (κ3) is 2.62. The SMILES string of the molecule is COc1ccccc1N1CCN(c2nc3ccccc3n3c(C)nnc23)CC1. The van der Waals surface area contributed by atoms with Crippen LogP contribution in [0.1, 0.15) is 5.82 Å². The third-order valence-corrected chi connectivity index (χ3v) is 5.38. The Hall–Kier alpha value is -3.35. The number of aryl methyl sites for hydroxylation is 1. The summed E-state index contributed by atoms with van der Waals surface area (Å²) in [6.07, 6.45) is 0. The van der Waals surface area contributed by atoms with E-state index in [2.05, 4.69) is 42.6 Å². The van der Waals surface area contributed by atoms with Crippen LogP contribution in [-0.4, -0.2) is 52.9 Å². The second-order valence-electron chi connectivity index (χ2n) is 6.98. The first-order chi connectivity index (χ1) is 13.8. The Balaban J connectivity index is 1.49. The number of hydrogen-bond donors (Lipinski definition) is 0. The van der Waals surface area contributed by atoms with Gasteiger partial charge in [-0.3, -0.25) is 4.40 Å². The van der Waals surface area contributed by atoms with Crippen LogP contribution in [0.3, 0.4) is 0 Å². The van der Waals surface area contributed by atoms with Crippen molar-refractivity contribution < 1.29 is 4.74 Å². The number of methoxy groups -OCH3 is 1. The summed E-state index contributed by atoms with van der Waals surface area (Å²) < 4.78 is 7.63. The number of hydrogen-bond acceptors (Lipinski definition) is 6. The number of nitrogens with zero attached hydrogens (tertiary/aromatic N) is 6. The second-order valence-corrected chi connectivity index (χ2v) is 6.98. The quantitative estimate of drug-likeness (QED) is 0.550. The summed E-state index contributed by atoms with van der Waals surface area (Å²) >= 11 is 0. The molecule has 5 rings (SSSR count). The van der Waals surface area contributed by atoms with Crippen molar-refractivity contribution in [3.05, 3.63) is 54.4 Å². The Morgan fingerprint density at radius 2 is 1.57 bits per heavy atom. The van der Waals surface area contributed by atoms with Gasteiger partial charge >= 0.3 is 0 Å². The number of rotatable bonds is 3. The minimum atomic E-state index is 0.821. The minimum absolute atomic E-state index is 0.821. The minimum Gasteiger partial charge on any atom is -0.495 e. The van der Waals surface area contributed by atoms with Crippen molar-refractivity contribution in [1.29, 1.82) is 0 Å². The van der Waals surface area contributed by atoms with Crippen LogP contribution in [0, 0.1) is 6.92 Å². The maximum atomic E-state index is 5.53. The molecule has 0 unspecified atom stereocenters. The zero-order valence-electron chi connectivity index (χ0n) is 16.0. The van der Waals surface area contributed by atoms with Gasteiger partial charge in [0, 0.05) is 26.2 Å². The van der Waals surface area contributed by atoms with Crippen molar-refractivity contribution in [1.82, 2.24) is 19.6 Å². The molecule has 1 fully saturated rings. The summed E-state index contributed by atoms with van der Waals surface area (Å²) in [5, 5.41) is 8.73. The van der Waals surface area contributed by atoms with E-state index in [4.69, 9.17) is 9.72 Å². The Bertz CT molecular complexity index is 1150. The van der Waals surface area contributed by atoms with E-state index in [1.165, 1.54) is 0 Å². The van der Waals surface area contributed by atoms with Crippen LogP contribution in [0.15, 0.2) is 48.5 Å². The molecule has 0 saturated carbocycles. The van der Waals surface area contributed by atoms with Crippen molar-refractivity contribution in [2.45, 2.75) is 6.92 Å². The van der Waals surface area contributed by atoms with E-state index in [1.54, 1.807) is 7.11 Å². The lowest BCUT2D eigenvalue weighted by Crippen LogP contribution is -2.47. The summed E-state index contributed by atoms with van der Waals surface area (Å²) in [6, 6.07) is 16.3. The van der Waals surface area contributed by atoms with E-state index < -0.39 is 0 Å². The molecule has 142 valence electrons. The number of anilines is 2. The molecule has 4 aromatic rings. The monoisotopic (exact) mass is 374 g/mol.